The Labute approximate surface area is 114 Å². The molecule has 6 heteroatoms. The summed E-state index contributed by atoms with van der Waals surface area (Å²) in [7, 11) is -1.51. The maximum absolute atomic E-state index is 12.6. The highest BCUT2D eigenvalue weighted by atomic mass is 32.2. The van der Waals surface area contributed by atoms with Gasteiger partial charge in [-0.15, -0.1) is 11.3 Å². The zero-order valence-electron chi connectivity index (χ0n) is 11.3. The Balaban J connectivity index is 3.05. The quantitative estimate of drug-likeness (QED) is 0.799. The molecular weight excluding hydrogens is 268 g/mol. The third-order valence-corrected chi connectivity index (χ3v) is 5.64. The second-order valence-corrected chi connectivity index (χ2v) is 7.05. The first-order valence-corrected chi connectivity index (χ1v) is 8.61. The molecule has 0 radical (unpaired) electrons. The Kier molecular flexibility index (Phi) is 6.28. The lowest BCUT2D eigenvalue weighted by atomic mass is 10.4. The average Bonchev–Trinajstić information content (AvgIpc) is 2.78. The van der Waals surface area contributed by atoms with Crippen LogP contribution in [0.5, 0.6) is 0 Å². The molecule has 1 rings (SSSR count). The van der Waals surface area contributed by atoms with Crippen molar-refractivity contribution in [2.75, 3.05) is 20.1 Å². The molecule has 4 nitrogen and oxygen atoms in total. The lowest BCUT2D eigenvalue weighted by molar-refractivity contribution is 0.409. The molecule has 1 N–H and O–H groups in total. The van der Waals surface area contributed by atoms with Crippen molar-refractivity contribution in [2.45, 2.75) is 38.1 Å². The van der Waals surface area contributed by atoms with Gasteiger partial charge in [0.15, 0.2) is 0 Å². The smallest absolute Gasteiger partial charge is 0.244 e. The molecule has 0 aliphatic heterocycles. The van der Waals surface area contributed by atoms with Crippen LogP contribution in [-0.4, -0.2) is 32.9 Å². The van der Waals surface area contributed by atoms with Gasteiger partial charge in [-0.2, -0.15) is 4.31 Å². The van der Waals surface area contributed by atoms with Gasteiger partial charge in [0.05, 0.1) is 4.90 Å². The Morgan fingerprint density at radius 2 is 1.89 bits per heavy atom. The second-order valence-electron chi connectivity index (χ2n) is 4.14. The summed E-state index contributed by atoms with van der Waals surface area (Å²) >= 11 is 1.49. The van der Waals surface area contributed by atoms with Gasteiger partial charge in [-0.25, -0.2) is 8.42 Å². The fourth-order valence-corrected chi connectivity index (χ4v) is 4.89. The first-order valence-electron chi connectivity index (χ1n) is 6.29. The Morgan fingerprint density at radius 3 is 2.39 bits per heavy atom. The zero-order chi connectivity index (χ0) is 13.6. The summed E-state index contributed by atoms with van der Waals surface area (Å²) in [5, 5.41) is 4.86. The lowest BCUT2D eigenvalue weighted by Crippen LogP contribution is -2.33. The molecule has 0 unspecified atom stereocenters. The summed E-state index contributed by atoms with van der Waals surface area (Å²) in [5.41, 5.74) is 0. The number of sulfonamides is 1. The Morgan fingerprint density at radius 1 is 1.28 bits per heavy atom. The van der Waals surface area contributed by atoms with Gasteiger partial charge in [0, 0.05) is 24.5 Å². The van der Waals surface area contributed by atoms with E-state index < -0.39 is 10.0 Å². The molecular formula is C12H22N2O2S2. The van der Waals surface area contributed by atoms with E-state index in [1.165, 1.54) is 11.3 Å². The SMILES string of the molecule is CCCN(CCC)S(=O)(=O)c1ccsc1CNC. The summed E-state index contributed by atoms with van der Waals surface area (Å²) in [6.07, 6.45) is 1.68. The van der Waals surface area contributed by atoms with E-state index in [1.54, 1.807) is 10.4 Å². The van der Waals surface area contributed by atoms with E-state index >= 15 is 0 Å². The molecule has 0 aromatic carbocycles. The van der Waals surface area contributed by atoms with Gasteiger partial charge in [0.1, 0.15) is 0 Å². The lowest BCUT2D eigenvalue weighted by Gasteiger charge is -2.21. The third kappa shape index (κ3) is 3.54. The first-order chi connectivity index (χ1) is 8.57. The van der Waals surface area contributed by atoms with Crippen LogP contribution in [0.4, 0.5) is 0 Å². The second kappa shape index (κ2) is 7.23. The third-order valence-electron chi connectivity index (χ3n) is 2.61. The van der Waals surface area contributed by atoms with Crippen LogP contribution < -0.4 is 5.32 Å². The van der Waals surface area contributed by atoms with Crippen molar-refractivity contribution in [1.29, 1.82) is 0 Å². The molecule has 1 aromatic heterocycles. The topological polar surface area (TPSA) is 49.4 Å². The number of thiophene rings is 1. The van der Waals surface area contributed by atoms with Crippen molar-refractivity contribution < 1.29 is 8.42 Å². The van der Waals surface area contributed by atoms with Gasteiger partial charge in [-0.1, -0.05) is 13.8 Å². The molecule has 18 heavy (non-hydrogen) atoms. The molecule has 1 heterocycles. The van der Waals surface area contributed by atoms with Gasteiger partial charge in [-0.3, -0.25) is 0 Å². The van der Waals surface area contributed by atoms with E-state index in [-0.39, 0.29) is 0 Å². The van der Waals surface area contributed by atoms with Crippen molar-refractivity contribution in [3.63, 3.8) is 0 Å². The van der Waals surface area contributed by atoms with Crippen molar-refractivity contribution in [1.82, 2.24) is 9.62 Å². The minimum atomic E-state index is -3.33. The van der Waals surface area contributed by atoms with Crippen LogP contribution in [0.2, 0.25) is 0 Å². The van der Waals surface area contributed by atoms with Gasteiger partial charge < -0.3 is 5.32 Å². The summed E-state index contributed by atoms with van der Waals surface area (Å²) < 4.78 is 26.7. The molecule has 104 valence electrons. The zero-order valence-corrected chi connectivity index (χ0v) is 12.9. The predicted octanol–water partition coefficient (Wildman–Crippen LogP) is 2.28. The van der Waals surface area contributed by atoms with Crippen molar-refractivity contribution in [3.05, 3.63) is 16.3 Å². The van der Waals surface area contributed by atoms with Crippen LogP contribution in [-0.2, 0) is 16.6 Å². The largest absolute Gasteiger partial charge is 0.315 e. The number of hydrogen-bond donors (Lipinski definition) is 1. The highest BCUT2D eigenvalue weighted by molar-refractivity contribution is 7.89. The number of nitrogens with one attached hydrogen (secondary N) is 1. The van der Waals surface area contributed by atoms with E-state index in [2.05, 4.69) is 5.32 Å². The van der Waals surface area contributed by atoms with Crippen LogP contribution in [0.15, 0.2) is 16.3 Å². The fraction of sp³-hybridized carbons (Fsp3) is 0.667. The molecule has 0 atom stereocenters. The summed E-state index contributed by atoms with van der Waals surface area (Å²) in [6, 6.07) is 1.71. The average molecular weight is 290 g/mol. The van der Waals surface area contributed by atoms with Gasteiger partial charge >= 0.3 is 0 Å². The fourth-order valence-electron chi connectivity index (χ4n) is 1.84. The van der Waals surface area contributed by atoms with Crippen LogP contribution >= 0.6 is 11.3 Å². The van der Waals surface area contributed by atoms with E-state index in [1.807, 2.05) is 26.3 Å². The van der Waals surface area contributed by atoms with E-state index in [0.29, 0.717) is 24.5 Å². The molecule has 0 saturated carbocycles. The number of hydrogen-bond acceptors (Lipinski definition) is 4. The van der Waals surface area contributed by atoms with E-state index in [0.717, 1.165) is 17.7 Å². The molecule has 0 amide bonds. The molecule has 0 saturated heterocycles. The molecule has 0 aliphatic carbocycles. The minimum absolute atomic E-state index is 0.462. The van der Waals surface area contributed by atoms with Gasteiger partial charge in [0.25, 0.3) is 0 Å². The summed E-state index contributed by atoms with van der Waals surface area (Å²) in [6.45, 7) is 5.77. The minimum Gasteiger partial charge on any atom is -0.315 e. The van der Waals surface area contributed by atoms with Gasteiger partial charge in [0.2, 0.25) is 10.0 Å². The van der Waals surface area contributed by atoms with Gasteiger partial charge in [-0.05, 0) is 31.3 Å². The summed E-state index contributed by atoms with van der Waals surface area (Å²) in [5.74, 6) is 0. The molecule has 0 aliphatic rings. The first kappa shape index (κ1) is 15.6. The van der Waals surface area contributed by atoms with Crippen molar-refractivity contribution in [3.8, 4) is 0 Å². The maximum Gasteiger partial charge on any atom is 0.244 e. The number of nitrogens with zero attached hydrogens (tertiary/aromatic N) is 1. The van der Waals surface area contributed by atoms with Crippen molar-refractivity contribution in [2.24, 2.45) is 0 Å². The van der Waals surface area contributed by atoms with Crippen LogP contribution in [0.25, 0.3) is 0 Å². The maximum atomic E-state index is 12.6. The molecule has 1 aromatic rings. The normalized spacial score (nSPS) is 12.2. The molecule has 0 spiro atoms. The molecule has 0 bridgehead atoms. The van der Waals surface area contributed by atoms with E-state index in [4.69, 9.17) is 0 Å². The molecule has 0 fully saturated rings. The Hall–Kier alpha value is -0.430. The predicted molar refractivity (Wildman–Crippen MR) is 76.4 cm³/mol. The van der Waals surface area contributed by atoms with Crippen LogP contribution in [0.3, 0.4) is 0 Å². The standard InChI is InChI=1S/C12H22N2O2S2/c1-4-7-14(8-5-2)18(15,16)12-6-9-17-11(12)10-13-3/h6,9,13H,4-5,7-8,10H2,1-3H3. The monoisotopic (exact) mass is 290 g/mol. The summed E-state index contributed by atoms with van der Waals surface area (Å²) in [4.78, 5) is 1.35. The number of rotatable bonds is 8. The highest BCUT2D eigenvalue weighted by Gasteiger charge is 2.26. The van der Waals surface area contributed by atoms with Crippen molar-refractivity contribution >= 4 is 21.4 Å². The highest BCUT2D eigenvalue weighted by Crippen LogP contribution is 2.25. The Bertz CT molecular complexity index is 448. The van der Waals surface area contributed by atoms with E-state index in [9.17, 15) is 8.42 Å². The van der Waals surface area contributed by atoms with Crippen LogP contribution in [0.1, 0.15) is 31.6 Å². The van der Waals surface area contributed by atoms with Crippen LogP contribution in [0, 0.1) is 0 Å².